The van der Waals surface area contributed by atoms with Gasteiger partial charge in [0.1, 0.15) is 11.6 Å². The van der Waals surface area contributed by atoms with Crippen LogP contribution < -0.4 is 16.2 Å². The molecule has 4 N–H and O–H groups in total. The lowest BCUT2D eigenvalue weighted by atomic mass is 10.1. The van der Waals surface area contributed by atoms with Crippen LogP contribution in [-0.2, 0) is 0 Å². The van der Waals surface area contributed by atoms with E-state index in [0.717, 1.165) is 6.42 Å². The summed E-state index contributed by atoms with van der Waals surface area (Å²) in [6.07, 6.45) is 11.9. The summed E-state index contributed by atoms with van der Waals surface area (Å²) in [4.78, 5) is 3.91. The molecule has 108 valence electrons. The minimum atomic E-state index is 0.445. The highest BCUT2D eigenvalue weighted by Gasteiger charge is 2.01. The number of pyridine rings is 1. The fourth-order valence-corrected chi connectivity index (χ4v) is 2.01. The quantitative estimate of drug-likeness (QED) is 0.632. The smallest absolute Gasteiger partial charge is 0.147 e. The van der Waals surface area contributed by atoms with E-state index in [1.54, 1.807) is 12.3 Å². The van der Waals surface area contributed by atoms with E-state index in [4.69, 9.17) is 16.2 Å². The first kappa shape index (κ1) is 15.6. The molecular weight excluding hydrogens is 238 g/mol. The molecule has 1 rings (SSSR count). The first-order chi connectivity index (χ1) is 9.24. The average molecular weight is 265 g/mol. The summed E-state index contributed by atoms with van der Waals surface area (Å²) in [5.74, 6) is 1.09. The third-order valence-electron chi connectivity index (χ3n) is 3.17. The van der Waals surface area contributed by atoms with Crippen molar-refractivity contribution in [3.8, 4) is 5.75 Å². The normalized spacial score (nSPS) is 10.6. The fraction of sp³-hybridized carbons (Fsp3) is 0.667. The summed E-state index contributed by atoms with van der Waals surface area (Å²) < 4.78 is 5.62. The second kappa shape index (κ2) is 9.48. The molecule has 1 aromatic rings. The molecule has 0 amide bonds. The van der Waals surface area contributed by atoms with Crippen molar-refractivity contribution in [1.82, 2.24) is 4.98 Å². The Hall–Kier alpha value is -1.45. The topological polar surface area (TPSA) is 74.2 Å². The van der Waals surface area contributed by atoms with Gasteiger partial charge in [0, 0.05) is 6.07 Å². The zero-order valence-corrected chi connectivity index (χ0v) is 12.0. The highest BCUT2D eigenvalue weighted by atomic mass is 16.5. The van der Waals surface area contributed by atoms with Crippen LogP contribution in [0.3, 0.4) is 0 Å². The molecule has 0 aliphatic carbocycles. The molecule has 0 spiro atoms. The maximum Gasteiger partial charge on any atom is 0.147 e. The summed E-state index contributed by atoms with van der Waals surface area (Å²) >= 11 is 0. The molecule has 0 saturated heterocycles. The Balaban J connectivity index is 2.03. The molecule has 0 aliphatic rings. The van der Waals surface area contributed by atoms with Gasteiger partial charge in [0.25, 0.3) is 0 Å². The average Bonchev–Trinajstić information content (AvgIpc) is 2.40. The van der Waals surface area contributed by atoms with Gasteiger partial charge < -0.3 is 16.2 Å². The van der Waals surface area contributed by atoms with Crippen molar-refractivity contribution in [2.75, 3.05) is 18.1 Å². The molecule has 0 fully saturated rings. The number of unbranched alkanes of at least 4 members (excludes halogenated alkanes) is 7. The van der Waals surface area contributed by atoms with Crippen molar-refractivity contribution < 1.29 is 4.74 Å². The number of ether oxygens (including phenoxy) is 1. The van der Waals surface area contributed by atoms with Crippen LogP contribution >= 0.6 is 0 Å². The Morgan fingerprint density at radius 3 is 2.32 bits per heavy atom. The minimum Gasteiger partial charge on any atom is -0.491 e. The standard InChI is InChI=1S/C15H27N3O/c1-2-3-4-5-6-7-8-9-10-19-14-11-15(17)18-12-13(14)16/h11-12H,2-10,16H2,1H3,(H2,17,18). The van der Waals surface area contributed by atoms with Gasteiger partial charge in [0.2, 0.25) is 0 Å². The molecule has 4 nitrogen and oxygen atoms in total. The second-order valence-corrected chi connectivity index (χ2v) is 4.97. The number of hydrogen-bond acceptors (Lipinski definition) is 4. The van der Waals surface area contributed by atoms with E-state index in [1.165, 1.54) is 44.9 Å². The number of hydrogen-bond donors (Lipinski definition) is 2. The minimum absolute atomic E-state index is 0.445. The predicted molar refractivity (Wildman–Crippen MR) is 81.2 cm³/mol. The highest BCUT2D eigenvalue weighted by molar-refractivity contribution is 5.55. The van der Waals surface area contributed by atoms with Crippen LogP contribution in [0.5, 0.6) is 5.75 Å². The van der Waals surface area contributed by atoms with Gasteiger partial charge in [-0.3, -0.25) is 0 Å². The van der Waals surface area contributed by atoms with Crippen molar-refractivity contribution in [2.24, 2.45) is 0 Å². The second-order valence-electron chi connectivity index (χ2n) is 4.97. The predicted octanol–water partition coefficient (Wildman–Crippen LogP) is 3.77. The Morgan fingerprint density at radius 1 is 1.00 bits per heavy atom. The largest absolute Gasteiger partial charge is 0.491 e. The molecule has 0 aromatic carbocycles. The molecule has 0 atom stereocenters. The fourth-order valence-electron chi connectivity index (χ4n) is 2.01. The Kier molecular flexibility index (Phi) is 7.78. The molecule has 4 heteroatoms. The number of anilines is 2. The van der Waals surface area contributed by atoms with Crippen molar-refractivity contribution in [2.45, 2.75) is 58.3 Å². The number of nitrogens with two attached hydrogens (primary N) is 2. The maximum absolute atomic E-state index is 5.76. The van der Waals surface area contributed by atoms with Gasteiger partial charge >= 0.3 is 0 Å². The molecule has 1 aromatic heterocycles. The lowest BCUT2D eigenvalue weighted by Crippen LogP contribution is -2.02. The zero-order valence-electron chi connectivity index (χ0n) is 12.0. The summed E-state index contributed by atoms with van der Waals surface area (Å²) in [5.41, 5.74) is 11.9. The van der Waals surface area contributed by atoms with Gasteiger partial charge in [-0.15, -0.1) is 0 Å². The Labute approximate surface area is 116 Å². The van der Waals surface area contributed by atoms with E-state index in [2.05, 4.69) is 11.9 Å². The number of nitrogens with zero attached hydrogens (tertiary/aromatic N) is 1. The molecule has 0 aliphatic heterocycles. The number of aromatic nitrogens is 1. The molecule has 0 radical (unpaired) electrons. The van der Waals surface area contributed by atoms with E-state index in [0.29, 0.717) is 23.9 Å². The molecule has 19 heavy (non-hydrogen) atoms. The number of nitrogen functional groups attached to an aromatic ring is 2. The summed E-state index contributed by atoms with van der Waals surface area (Å²) in [5, 5.41) is 0. The van der Waals surface area contributed by atoms with Gasteiger partial charge in [-0.25, -0.2) is 4.98 Å². The first-order valence-corrected chi connectivity index (χ1v) is 7.38. The van der Waals surface area contributed by atoms with Gasteiger partial charge in [-0.05, 0) is 6.42 Å². The van der Waals surface area contributed by atoms with E-state index in [9.17, 15) is 0 Å². The SMILES string of the molecule is CCCCCCCCCCOc1cc(N)ncc1N. The van der Waals surface area contributed by atoms with Crippen LogP contribution in [-0.4, -0.2) is 11.6 Å². The first-order valence-electron chi connectivity index (χ1n) is 7.38. The van der Waals surface area contributed by atoms with Crippen molar-refractivity contribution >= 4 is 11.5 Å². The molecule has 0 unspecified atom stereocenters. The van der Waals surface area contributed by atoms with Crippen LogP contribution in [0.25, 0.3) is 0 Å². The molecule has 0 bridgehead atoms. The highest BCUT2D eigenvalue weighted by Crippen LogP contribution is 2.22. The van der Waals surface area contributed by atoms with E-state index >= 15 is 0 Å². The van der Waals surface area contributed by atoms with Crippen LogP contribution in [0.4, 0.5) is 11.5 Å². The van der Waals surface area contributed by atoms with Gasteiger partial charge in [-0.1, -0.05) is 51.9 Å². The zero-order chi connectivity index (χ0) is 13.9. The summed E-state index contributed by atoms with van der Waals surface area (Å²) in [6.45, 7) is 2.94. The van der Waals surface area contributed by atoms with Crippen LogP contribution in [0, 0.1) is 0 Å². The van der Waals surface area contributed by atoms with E-state index in [1.807, 2.05) is 0 Å². The monoisotopic (exact) mass is 265 g/mol. The molecule has 0 saturated carbocycles. The number of rotatable bonds is 10. The van der Waals surface area contributed by atoms with Gasteiger partial charge in [0.05, 0.1) is 18.5 Å². The van der Waals surface area contributed by atoms with Crippen LogP contribution in [0.1, 0.15) is 58.3 Å². The Bertz CT molecular complexity index is 355. The van der Waals surface area contributed by atoms with Crippen molar-refractivity contribution in [1.29, 1.82) is 0 Å². The third-order valence-corrected chi connectivity index (χ3v) is 3.17. The molecule has 1 heterocycles. The van der Waals surface area contributed by atoms with E-state index in [-0.39, 0.29) is 0 Å². The van der Waals surface area contributed by atoms with E-state index < -0.39 is 0 Å². The van der Waals surface area contributed by atoms with Crippen molar-refractivity contribution in [3.05, 3.63) is 12.3 Å². The van der Waals surface area contributed by atoms with Gasteiger partial charge in [-0.2, -0.15) is 0 Å². The summed E-state index contributed by atoms with van der Waals surface area (Å²) in [7, 11) is 0. The third kappa shape index (κ3) is 6.89. The summed E-state index contributed by atoms with van der Waals surface area (Å²) in [6, 6.07) is 1.68. The Morgan fingerprint density at radius 2 is 1.63 bits per heavy atom. The lowest BCUT2D eigenvalue weighted by molar-refractivity contribution is 0.305. The lowest BCUT2D eigenvalue weighted by Gasteiger charge is -2.08. The van der Waals surface area contributed by atoms with Crippen LogP contribution in [0.2, 0.25) is 0 Å². The van der Waals surface area contributed by atoms with Crippen LogP contribution in [0.15, 0.2) is 12.3 Å². The molecular formula is C15H27N3O. The maximum atomic E-state index is 5.76. The van der Waals surface area contributed by atoms with Gasteiger partial charge in [0.15, 0.2) is 0 Å². The van der Waals surface area contributed by atoms with Crippen molar-refractivity contribution in [3.63, 3.8) is 0 Å².